The highest BCUT2D eigenvalue weighted by Gasteiger charge is 2.22. The Hall–Kier alpha value is -2.14. The van der Waals surface area contributed by atoms with Crippen molar-refractivity contribution in [2.75, 3.05) is 18.4 Å². The van der Waals surface area contributed by atoms with Gasteiger partial charge in [-0.25, -0.2) is 0 Å². The summed E-state index contributed by atoms with van der Waals surface area (Å²) >= 11 is 1.62. The molecule has 0 radical (unpaired) electrons. The Morgan fingerprint density at radius 2 is 1.93 bits per heavy atom. The lowest BCUT2D eigenvalue weighted by molar-refractivity contribution is -0.116. The molecule has 0 atom stereocenters. The smallest absolute Gasteiger partial charge is 0.264 e. The first-order valence-electron chi connectivity index (χ1n) is 9.85. The zero-order chi connectivity index (χ0) is 19.2. The summed E-state index contributed by atoms with van der Waals surface area (Å²) in [6.45, 7) is 4.67. The molecule has 144 valence electrons. The van der Waals surface area contributed by atoms with Crippen molar-refractivity contribution in [2.45, 2.75) is 52.4 Å². The van der Waals surface area contributed by atoms with E-state index in [0.29, 0.717) is 6.54 Å². The standard InChI is InChI=1S/C22H28N2O2S/c1-3-13-24(15-21(25)23-18-11-8-7-9-16(18)2)22(26)20-14-17-10-5-4-6-12-19(17)27-20/h7-9,11,14H,3-6,10,12-13,15H2,1-2H3,(H,23,25). The minimum absolute atomic E-state index is 0.0187. The summed E-state index contributed by atoms with van der Waals surface area (Å²) < 4.78 is 0. The number of fused-ring (bicyclic) bond motifs is 1. The number of para-hydroxylation sites is 1. The largest absolute Gasteiger partial charge is 0.329 e. The van der Waals surface area contributed by atoms with Crippen LogP contribution in [0.4, 0.5) is 5.69 Å². The van der Waals surface area contributed by atoms with Crippen molar-refractivity contribution in [3.8, 4) is 0 Å². The Labute approximate surface area is 165 Å². The Bertz CT molecular complexity index is 789. The Balaban J connectivity index is 1.70. The van der Waals surface area contributed by atoms with Gasteiger partial charge in [-0.3, -0.25) is 9.59 Å². The van der Waals surface area contributed by atoms with Gasteiger partial charge in [-0.15, -0.1) is 11.3 Å². The topological polar surface area (TPSA) is 49.4 Å². The van der Waals surface area contributed by atoms with Gasteiger partial charge in [0, 0.05) is 17.1 Å². The van der Waals surface area contributed by atoms with Crippen molar-refractivity contribution >= 4 is 28.8 Å². The van der Waals surface area contributed by atoms with E-state index < -0.39 is 0 Å². The molecule has 0 aliphatic heterocycles. The number of nitrogens with zero attached hydrogens (tertiary/aromatic N) is 1. The number of anilines is 1. The highest BCUT2D eigenvalue weighted by Crippen LogP contribution is 2.29. The van der Waals surface area contributed by atoms with Gasteiger partial charge in [-0.05, 0) is 62.3 Å². The molecule has 0 unspecified atom stereocenters. The number of amides is 2. The molecule has 1 aromatic carbocycles. The zero-order valence-corrected chi connectivity index (χ0v) is 17.0. The summed E-state index contributed by atoms with van der Waals surface area (Å²) in [5.74, 6) is -0.168. The molecule has 0 spiro atoms. The number of carbonyl (C=O) groups excluding carboxylic acids is 2. The van der Waals surface area contributed by atoms with Crippen LogP contribution in [0.25, 0.3) is 0 Å². The summed E-state index contributed by atoms with van der Waals surface area (Å²) in [4.78, 5) is 29.4. The molecular formula is C22H28N2O2S. The summed E-state index contributed by atoms with van der Waals surface area (Å²) in [5.41, 5.74) is 3.15. The van der Waals surface area contributed by atoms with E-state index in [1.165, 1.54) is 29.7 Å². The summed E-state index contributed by atoms with van der Waals surface area (Å²) in [6.07, 6.45) is 6.66. The zero-order valence-electron chi connectivity index (χ0n) is 16.2. The molecule has 0 saturated carbocycles. The lowest BCUT2D eigenvalue weighted by Gasteiger charge is -2.21. The van der Waals surface area contributed by atoms with E-state index in [2.05, 4.69) is 11.4 Å². The third-order valence-corrected chi connectivity index (χ3v) is 6.22. The monoisotopic (exact) mass is 384 g/mol. The molecule has 1 aliphatic rings. The molecular weight excluding hydrogens is 356 g/mol. The molecule has 5 heteroatoms. The van der Waals surface area contributed by atoms with Crippen LogP contribution in [0.5, 0.6) is 0 Å². The molecule has 2 amide bonds. The van der Waals surface area contributed by atoms with Gasteiger partial charge in [0.15, 0.2) is 0 Å². The molecule has 3 rings (SSSR count). The highest BCUT2D eigenvalue weighted by molar-refractivity contribution is 7.14. The third-order valence-electron chi connectivity index (χ3n) is 4.99. The Kier molecular flexibility index (Phi) is 6.67. The van der Waals surface area contributed by atoms with Gasteiger partial charge in [-0.2, -0.15) is 0 Å². The van der Waals surface area contributed by atoms with E-state index in [1.807, 2.05) is 38.1 Å². The Morgan fingerprint density at radius 1 is 1.15 bits per heavy atom. The number of aryl methyl sites for hydroxylation is 3. The number of hydrogen-bond donors (Lipinski definition) is 1. The SMILES string of the molecule is CCCN(CC(=O)Nc1ccccc1C)C(=O)c1cc2c(s1)CCCCC2. The van der Waals surface area contributed by atoms with E-state index in [0.717, 1.165) is 35.4 Å². The second-order valence-corrected chi connectivity index (χ2v) is 8.35. The number of benzene rings is 1. The predicted molar refractivity (Wildman–Crippen MR) is 112 cm³/mol. The average molecular weight is 385 g/mol. The quantitative estimate of drug-likeness (QED) is 0.726. The minimum atomic E-state index is -0.149. The molecule has 1 N–H and O–H groups in total. The average Bonchev–Trinajstić information content (AvgIpc) is 2.93. The molecule has 0 fully saturated rings. The van der Waals surface area contributed by atoms with Gasteiger partial charge in [0.2, 0.25) is 5.91 Å². The Morgan fingerprint density at radius 3 is 2.70 bits per heavy atom. The number of hydrogen-bond acceptors (Lipinski definition) is 3. The van der Waals surface area contributed by atoms with Crippen molar-refractivity contribution in [2.24, 2.45) is 0 Å². The first-order chi connectivity index (χ1) is 13.1. The maximum absolute atomic E-state index is 13.0. The first kappa shape index (κ1) is 19.6. The van der Waals surface area contributed by atoms with Gasteiger partial charge in [0.25, 0.3) is 5.91 Å². The van der Waals surface area contributed by atoms with E-state index in [1.54, 1.807) is 16.2 Å². The molecule has 1 aromatic heterocycles. The van der Waals surface area contributed by atoms with Crippen LogP contribution in [-0.4, -0.2) is 29.8 Å². The second kappa shape index (κ2) is 9.18. The van der Waals surface area contributed by atoms with Crippen LogP contribution in [0.1, 0.15) is 58.3 Å². The number of rotatable bonds is 6. The fourth-order valence-corrected chi connectivity index (χ4v) is 4.75. The van der Waals surface area contributed by atoms with Crippen molar-refractivity contribution in [3.63, 3.8) is 0 Å². The van der Waals surface area contributed by atoms with Crippen LogP contribution in [0.2, 0.25) is 0 Å². The van der Waals surface area contributed by atoms with E-state index in [9.17, 15) is 9.59 Å². The molecule has 1 aliphatic carbocycles. The molecule has 0 bridgehead atoms. The molecule has 27 heavy (non-hydrogen) atoms. The van der Waals surface area contributed by atoms with Gasteiger partial charge >= 0.3 is 0 Å². The maximum atomic E-state index is 13.0. The fraction of sp³-hybridized carbons (Fsp3) is 0.455. The highest BCUT2D eigenvalue weighted by atomic mass is 32.1. The molecule has 4 nitrogen and oxygen atoms in total. The van der Waals surface area contributed by atoms with Crippen molar-refractivity contribution in [1.82, 2.24) is 4.90 Å². The van der Waals surface area contributed by atoms with E-state index in [4.69, 9.17) is 0 Å². The number of carbonyl (C=O) groups is 2. The van der Waals surface area contributed by atoms with Crippen LogP contribution >= 0.6 is 11.3 Å². The number of nitrogens with one attached hydrogen (secondary N) is 1. The molecule has 1 heterocycles. The predicted octanol–water partition coefficient (Wildman–Crippen LogP) is 4.82. The van der Waals surface area contributed by atoms with Crippen molar-refractivity contribution in [1.29, 1.82) is 0 Å². The van der Waals surface area contributed by atoms with Gasteiger partial charge in [0.05, 0.1) is 4.88 Å². The fourth-order valence-electron chi connectivity index (χ4n) is 3.53. The van der Waals surface area contributed by atoms with Crippen LogP contribution in [0, 0.1) is 6.92 Å². The normalized spacial score (nSPS) is 13.6. The van der Waals surface area contributed by atoms with Gasteiger partial charge in [0.1, 0.15) is 6.54 Å². The molecule has 2 aromatic rings. The lowest BCUT2D eigenvalue weighted by atomic mass is 10.1. The van der Waals surface area contributed by atoms with Gasteiger partial charge < -0.3 is 10.2 Å². The minimum Gasteiger partial charge on any atom is -0.329 e. The van der Waals surface area contributed by atoms with Crippen molar-refractivity contribution in [3.05, 3.63) is 51.2 Å². The van der Waals surface area contributed by atoms with Crippen LogP contribution in [0.15, 0.2) is 30.3 Å². The van der Waals surface area contributed by atoms with E-state index >= 15 is 0 Å². The third kappa shape index (κ3) is 4.98. The second-order valence-electron chi connectivity index (χ2n) is 7.21. The van der Waals surface area contributed by atoms with E-state index in [-0.39, 0.29) is 18.4 Å². The summed E-state index contributed by atoms with van der Waals surface area (Å²) in [7, 11) is 0. The van der Waals surface area contributed by atoms with Crippen LogP contribution < -0.4 is 5.32 Å². The van der Waals surface area contributed by atoms with Gasteiger partial charge in [-0.1, -0.05) is 31.5 Å². The maximum Gasteiger partial charge on any atom is 0.264 e. The molecule has 0 saturated heterocycles. The lowest BCUT2D eigenvalue weighted by Crippen LogP contribution is -2.38. The first-order valence-corrected chi connectivity index (χ1v) is 10.7. The van der Waals surface area contributed by atoms with Crippen LogP contribution in [0.3, 0.4) is 0 Å². The summed E-state index contributed by atoms with van der Waals surface area (Å²) in [5, 5.41) is 2.93. The van der Waals surface area contributed by atoms with Crippen LogP contribution in [-0.2, 0) is 17.6 Å². The summed E-state index contributed by atoms with van der Waals surface area (Å²) in [6, 6.07) is 9.75. The van der Waals surface area contributed by atoms with Crippen molar-refractivity contribution < 1.29 is 9.59 Å². The number of thiophene rings is 1.